The smallest absolute Gasteiger partial charge is 0.253 e. The van der Waals surface area contributed by atoms with E-state index in [1.54, 1.807) is 23.1 Å². The number of carbonyl (C=O) groups is 2. The van der Waals surface area contributed by atoms with Crippen molar-refractivity contribution in [3.8, 4) is 0 Å². The number of rotatable bonds is 1. The molecule has 2 amide bonds. The van der Waals surface area contributed by atoms with E-state index in [0.29, 0.717) is 31.5 Å². The highest BCUT2D eigenvalue weighted by Crippen LogP contribution is 2.25. The Balaban J connectivity index is 1.83. The zero-order chi connectivity index (χ0) is 12.7. The van der Waals surface area contributed by atoms with Crippen LogP contribution in [0.3, 0.4) is 0 Å². The van der Waals surface area contributed by atoms with Crippen LogP contribution in [0.1, 0.15) is 22.3 Å². The van der Waals surface area contributed by atoms with E-state index in [-0.39, 0.29) is 11.8 Å². The summed E-state index contributed by atoms with van der Waals surface area (Å²) in [5.41, 5.74) is 2.24. The maximum Gasteiger partial charge on any atom is 0.253 e. The number of aliphatic hydroxyl groups excluding tert-OH is 1. The molecule has 0 aromatic heterocycles. The largest absolute Gasteiger partial charge is 0.391 e. The molecule has 1 saturated heterocycles. The van der Waals surface area contributed by atoms with Crippen LogP contribution < -0.4 is 5.32 Å². The minimum atomic E-state index is -0.411. The summed E-state index contributed by atoms with van der Waals surface area (Å²) in [6.07, 6.45) is 0.558. The van der Waals surface area contributed by atoms with E-state index in [1.807, 2.05) is 0 Å². The highest BCUT2D eigenvalue weighted by atomic mass is 16.3. The molecule has 2 heterocycles. The Morgan fingerprint density at radius 1 is 1.44 bits per heavy atom. The van der Waals surface area contributed by atoms with Crippen LogP contribution >= 0.6 is 0 Å². The van der Waals surface area contributed by atoms with Crippen molar-refractivity contribution in [2.45, 2.75) is 18.9 Å². The van der Waals surface area contributed by atoms with Crippen molar-refractivity contribution in [2.24, 2.45) is 0 Å². The van der Waals surface area contributed by atoms with Gasteiger partial charge >= 0.3 is 0 Å². The molecule has 1 aromatic rings. The van der Waals surface area contributed by atoms with Gasteiger partial charge in [0.25, 0.3) is 5.91 Å². The Labute approximate surface area is 104 Å². The van der Waals surface area contributed by atoms with Crippen LogP contribution in [-0.2, 0) is 11.2 Å². The molecule has 0 spiro atoms. The van der Waals surface area contributed by atoms with Gasteiger partial charge in [0.2, 0.25) is 5.91 Å². The van der Waals surface area contributed by atoms with Crippen LogP contribution in [-0.4, -0.2) is 41.0 Å². The van der Waals surface area contributed by atoms with E-state index in [2.05, 4.69) is 5.32 Å². The molecule has 1 atom stereocenters. The molecule has 5 heteroatoms. The van der Waals surface area contributed by atoms with Crippen LogP contribution in [0.25, 0.3) is 0 Å². The number of nitrogens with zero attached hydrogens (tertiary/aromatic N) is 1. The van der Waals surface area contributed by atoms with E-state index in [9.17, 15) is 14.7 Å². The van der Waals surface area contributed by atoms with Crippen molar-refractivity contribution < 1.29 is 14.7 Å². The second-order valence-electron chi connectivity index (χ2n) is 4.79. The molecule has 2 aliphatic rings. The first-order chi connectivity index (χ1) is 8.63. The number of hydrogen-bond donors (Lipinski definition) is 2. The summed E-state index contributed by atoms with van der Waals surface area (Å²) in [4.78, 5) is 25.1. The highest BCUT2D eigenvalue weighted by Gasteiger charge is 2.26. The molecule has 1 fully saturated rings. The fraction of sp³-hybridized carbons (Fsp3) is 0.385. The standard InChI is InChI=1S/C13H14N2O3/c16-10-3-4-15(7-10)13(18)8-1-2-11-9(5-8)6-12(17)14-11/h1-2,5,10,16H,3-4,6-7H2,(H,14,17)/t10-/m1/s1. The van der Waals surface area contributed by atoms with Crippen molar-refractivity contribution >= 4 is 17.5 Å². The molecule has 18 heavy (non-hydrogen) atoms. The third-order valence-electron chi connectivity index (χ3n) is 3.43. The third-order valence-corrected chi connectivity index (χ3v) is 3.43. The Bertz CT molecular complexity index is 527. The summed E-state index contributed by atoms with van der Waals surface area (Å²) in [6, 6.07) is 5.25. The Hall–Kier alpha value is -1.88. The predicted molar refractivity (Wildman–Crippen MR) is 65.3 cm³/mol. The van der Waals surface area contributed by atoms with E-state index >= 15 is 0 Å². The fourth-order valence-electron chi connectivity index (χ4n) is 2.47. The number of benzene rings is 1. The predicted octanol–water partition coefficient (Wildman–Crippen LogP) is 0.388. The first kappa shape index (κ1) is 11.2. The molecule has 0 unspecified atom stereocenters. The molecule has 5 nitrogen and oxygen atoms in total. The van der Waals surface area contributed by atoms with Crippen LogP contribution in [0.4, 0.5) is 5.69 Å². The van der Waals surface area contributed by atoms with Crippen LogP contribution in [0.2, 0.25) is 0 Å². The number of likely N-dealkylation sites (tertiary alicyclic amines) is 1. The molecule has 3 rings (SSSR count). The Morgan fingerprint density at radius 2 is 2.28 bits per heavy atom. The van der Waals surface area contributed by atoms with Crippen LogP contribution in [0, 0.1) is 0 Å². The molecule has 0 aliphatic carbocycles. The number of aliphatic hydroxyl groups is 1. The molecule has 2 N–H and O–H groups in total. The fourth-order valence-corrected chi connectivity index (χ4v) is 2.47. The number of β-amino-alcohol motifs (C(OH)–C–C–N with tert-alkyl or cyclic N) is 1. The van der Waals surface area contributed by atoms with Gasteiger partial charge < -0.3 is 15.3 Å². The van der Waals surface area contributed by atoms with Gasteiger partial charge in [-0.3, -0.25) is 9.59 Å². The first-order valence-electron chi connectivity index (χ1n) is 6.03. The van der Waals surface area contributed by atoms with Crippen molar-refractivity contribution in [2.75, 3.05) is 18.4 Å². The van der Waals surface area contributed by atoms with Crippen LogP contribution in [0.15, 0.2) is 18.2 Å². The second kappa shape index (κ2) is 4.10. The van der Waals surface area contributed by atoms with Crippen molar-refractivity contribution in [1.29, 1.82) is 0 Å². The summed E-state index contributed by atoms with van der Waals surface area (Å²) in [5, 5.41) is 12.2. The van der Waals surface area contributed by atoms with Gasteiger partial charge in [0.15, 0.2) is 0 Å². The molecule has 1 aromatic carbocycles. The molecule has 0 radical (unpaired) electrons. The monoisotopic (exact) mass is 246 g/mol. The lowest BCUT2D eigenvalue weighted by atomic mass is 10.1. The Kier molecular flexibility index (Phi) is 2.56. The number of amides is 2. The molecule has 2 aliphatic heterocycles. The summed E-state index contributed by atoms with van der Waals surface area (Å²) in [7, 11) is 0. The third kappa shape index (κ3) is 1.86. The van der Waals surface area contributed by atoms with Crippen molar-refractivity contribution in [1.82, 2.24) is 4.90 Å². The Morgan fingerprint density at radius 3 is 3.00 bits per heavy atom. The summed E-state index contributed by atoms with van der Waals surface area (Å²) in [5.74, 6) is -0.111. The van der Waals surface area contributed by atoms with Gasteiger partial charge in [0.1, 0.15) is 0 Å². The van der Waals surface area contributed by atoms with E-state index in [0.717, 1.165) is 11.3 Å². The minimum Gasteiger partial charge on any atom is -0.391 e. The topological polar surface area (TPSA) is 69.6 Å². The summed E-state index contributed by atoms with van der Waals surface area (Å²) < 4.78 is 0. The second-order valence-corrected chi connectivity index (χ2v) is 4.79. The van der Waals surface area contributed by atoms with Gasteiger partial charge in [-0.2, -0.15) is 0 Å². The van der Waals surface area contributed by atoms with Gasteiger partial charge in [-0.1, -0.05) is 0 Å². The van der Waals surface area contributed by atoms with E-state index < -0.39 is 6.10 Å². The maximum atomic E-state index is 12.2. The number of nitrogens with one attached hydrogen (secondary N) is 1. The molecular weight excluding hydrogens is 232 g/mol. The average molecular weight is 246 g/mol. The SMILES string of the molecule is O=C1Cc2cc(C(=O)N3CC[C@@H](O)C3)ccc2N1. The van der Waals surface area contributed by atoms with Gasteiger partial charge in [-0.25, -0.2) is 0 Å². The lowest BCUT2D eigenvalue weighted by Gasteiger charge is -2.15. The highest BCUT2D eigenvalue weighted by molar-refractivity contribution is 6.01. The van der Waals surface area contributed by atoms with Gasteiger partial charge in [-0.05, 0) is 30.2 Å². The first-order valence-corrected chi connectivity index (χ1v) is 6.03. The van der Waals surface area contributed by atoms with Gasteiger partial charge in [-0.15, -0.1) is 0 Å². The number of anilines is 1. The lowest BCUT2D eigenvalue weighted by Crippen LogP contribution is -2.29. The van der Waals surface area contributed by atoms with Crippen molar-refractivity contribution in [3.05, 3.63) is 29.3 Å². The minimum absolute atomic E-state index is 0.0359. The molecule has 94 valence electrons. The molecule has 0 saturated carbocycles. The van der Waals surface area contributed by atoms with Crippen LogP contribution in [0.5, 0.6) is 0 Å². The molecule has 0 bridgehead atoms. The van der Waals surface area contributed by atoms with E-state index in [4.69, 9.17) is 0 Å². The summed E-state index contributed by atoms with van der Waals surface area (Å²) >= 11 is 0. The summed E-state index contributed by atoms with van der Waals surface area (Å²) in [6.45, 7) is 0.987. The quantitative estimate of drug-likeness (QED) is 0.753. The van der Waals surface area contributed by atoms with Crippen molar-refractivity contribution in [3.63, 3.8) is 0 Å². The molecular formula is C13H14N2O3. The maximum absolute atomic E-state index is 12.2. The number of hydrogen-bond acceptors (Lipinski definition) is 3. The van der Waals surface area contributed by atoms with Gasteiger partial charge in [0, 0.05) is 24.3 Å². The lowest BCUT2D eigenvalue weighted by molar-refractivity contribution is -0.115. The van der Waals surface area contributed by atoms with Gasteiger partial charge in [0.05, 0.1) is 12.5 Å². The van der Waals surface area contributed by atoms with E-state index in [1.165, 1.54) is 0 Å². The normalized spacial score (nSPS) is 21.9. The zero-order valence-corrected chi connectivity index (χ0v) is 9.85. The average Bonchev–Trinajstić information content (AvgIpc) is 2.92. The zero-order valence-electron chi connectivity index (χ0n) is 9.85. The number of carbonyl (C=O) groups excluding carboxylic acids is 2. The number of fused-ring (bicyclic) bond motifs is 1.